The predicted octanol–water partition coefficient (Wildman–Crippen LogP) is 2.18. The van der Waals surface area contributed by atoms with Crippen molar-refractivity contribution >= 4 is 21.4 Å². The van der Waals surface area contributed by atoms with E-state index in [2.05, 4.69) is 9.71 Å². The third-order valence-corrected chi connectivity index (χ3v) is 4.98. The summed E-state index contributed by atoms with van der Waals surface area (Å²) in [7, 11) is -3.44. The number of hydrogen-bond donors (Lipinski definition) is 1. The Kier molecular flexibility index (Phi) is 4.11. The van der Waals surface area contributed by atoms with Crippen LogP contribution in [0.25, 0.3) is 0 Å². The average Bonchev–Trinajstić information content (AvgIpc) is 2.86. The monoisotopic (exact) mass is 282 g/mol. The van der Waals surface area contributed by atoms with Gasteiger partial charge in [0.25, 0.3) is 0 Å². The quantitative estimate of drug-likeness (QED) is 0.914. The highest BCUT2D eigenvalue weighted by Crippen LogP contribution is 2.14. The molecule has 96 valence electrons. The molecule has 18 heavy (non-hydrogen) atoms. The van der Waals surface area contributed by atoms with Crippen LogP contribution in [0.5, 0.6) is 0 Å². The van der Waals surface area contributed by atoms with E-state index in [1.165, 1.54) is 11.3 Å². The third kappa shape index (κ3) is 3.16. The van der Waals surface area contributed by atoms with Crippen LogP contribution < -0.4 is 4.72 Å². The van der Waals surface area contributed by atoms with Gasteiger partial charge < -0.3 is 0 Å². The maximum Gasteiger partial charge on any atom is 0.240 e. The molecule has 2 aromatic rings. The fourth-order valence-corrected chi connectivity index (χ4v) is 3.34. The van der Waals surface area contributed by atoms with Crippen LogP contribution >= 0.6 is 11.3 Å². The van der Waals surface area contributed by atoms with Crippen LogP contribution in [0.3, 0.4) is 0 Å². The second-order valence-corrected chi connectivity index (χ2v) is 6.68. The summed E-state index contributed by atoms with van der Waals surface area (Å²) in [6.45, 7) is 2.29. The van der Waals surface area contributed by atoms with E-state index in [0.29, 0.717) is 0 Å². The molecule has 0 aliphatic heterocycles. The van der Waals surface area contributed by atoms with Gasteiger partial charge in [-0.1, -0.05) is 25.1 Å². The molecule has 0 unspecified atom stereocenters. The van der Waals surface area contributed by atoms with E-state index in [0.717, 1.165) is 16.3 Å². The van der Waals surface area contributed by atoms with Gasteiger partial charge in [0.2, 0.25) is 10.0 Å². The number of rotatable bonds is 5. The first kappa shape index (κ1) is 13.2. The summed E-state index contributed by atoms with van der Waals surface area (Å²) in [6.07, 6.45) is 2.71. The molecular formula is C12H14N2O2S2. The number of aromatic nitrogens is 1. The van der Waals surface area contributed by atoms with Crippen LogP contribution in [0.1, 0.15) is 16.8 Å². The molecule has 0 aliphatic rings. The second-order valence-electron chi connectivity index (χ2n) is 3.71. The maximum absolute atomic E-state index is 11.9. The van der Waals surface area contributed by atoms with Gasteiger partial charge in [-0.25, -0.2) is 18.1 Å². The normalized spacial score (nSPS) is 11.6. The van der Waals surface area contributed by atoms with E-state index in [1.807, 2.05) is 6.92 Å². The molecule has 0 atom stereocenters. The van der Waals surface area contributed by atoms with Gasteiger partial charge in [-0.15, -0.1) is 11.3 Å². The fourth-order valence-electron chi connectivity index (χ4n) is 1.43. The lowest BCUT2D eigenvalue weighted by molar-refractivity contribution is 0.581. The zero-order valence-corrected chi connectivity index (χ0v) is 11.6. The second kappa shape index (κ2) is 5.60. The Balaban J connectivity index is 2.06. The van der Waals surface area contributed by atoms with Crippen LogP contribution in [0.2, 0.25) is 0 Å². The molecule has 1 N–H and O–H groups in total. The van der Waals surface area contributed by atoms with Gasteiger partial charge in [0.1, 0.15) is 5.01 Å². The third-order valence-electron chi connectivity index (χ3n) is 2.42. The molecule has 1 aromatic carbocycles. The number of nitrogens with one attached hydrogen (secondary N) is 1. The number of sulfonamides is 1. The highest BCUT2D eigenvalue weighted by atomic mass is 32.2. The number of hydrogen-bond acceptors (Lipinski definition) is 4. The topological polar surface area (TPSA) is 59.1 Å². The van der Waals surface area contributed by atoms with Crippen molar-refractivity contribution in [2.24, 2.45) is 0 Å². The summed E-state index contributed by atoms with van der Waals surface area (Å²) < 4.78 is 26.4. The van der Waals surface area contributed by atoms with E-state index in [-0.39, 0.29) is 11.4 Å². The number of benzene rings is 1. The van der Waals surface area contributed by atoms with Gasteiger partial charge in [0, 0.05) is 11.1 Å². The van der Waals surface area contributed by atoms with Crippen molar-refractivity contribution in [1.29, 1.82) is 0 Å². The van der Waals surface area contributed by atoms with Crippen molar-refractivity contribution in [2.45, 2.75) is 24.8 Å². The van der Waals surface area contributed by atoms with E-state index in [4.69, 9.17) is 0 Å². The lowest BCUT2D eigenvalue weighted by Gasteiger charge is -2.04. The van der Waals surface area contributed by atoms with Gasteiger partial charge >= 0.3 is 0 Å². The van der Waals surface area contributed by atoms with Gasteiger partial charge in [0.05, 0.1) is 11.4 Å². The smallest absolute Gasteiger partial charge is 0.240 e. The Morgan fingerprint density at radius 2 is 2.00 bits per heavy atom. The lowest BCUT2D eigenvalue weighted by Crippen LogP contribution is -2.23. The van der Waals surface area contributed by atoms with Crippen LogP contribution in [0, 0.1) is 0 Å². The van der Waals surface area contributed by atoms with Crippen molar-refractivity contribution in [2.75, 3.05) is 0 Å². The Morgan fingerprint density at radius 3 is 2.61 bits per heavy atom. The van der Waals surface area contributed by atoms with Crippen LogP contribution in [-0.4, -0.2) is 13.4 Å². The number of nitrogens with zero attached hydrogens (tertiary/aromatic N) is 1. The molecule has 1 aromatic heterocycles. The summed E-state index contributed by atoms with van der Waals surface area (Å²) in [5, 5.41) is 0.784. The molecule has 2 rings (SSSR count). The van der Waals surface area contributed by atoms with Crippen molar-refractivity contribution in [3.8, 4) is 0 Å². The zero-order chi connectivity index (χ0) is 13.0. The molecule has 0 saturated heterocycles. The van der Waals surface area contributed by atoms with Gasteiger partial charge in [-0.2, -0.15) is 0 Å². The summed E-state index contributed by atoms with van der Waals surface area (Å²) in [6, 6.07) is 8.33. The van der Waals surface area contributed by atoms with Crippen molar-refractivity contribution in [1.82, 2.24) is 9.71 Å². The predicted molar refractivity (Wildman–Crippen MR) is 72.0 cm³/mol. The summed E-state index contributed by atoms with van der Waals surface area (Å²) in [5.41, 5.74) is 0. The molecule has 0 spiro atoms. The Hall–Kier alpha value is -1.24. The maximum atomic E-state index is 11.9. The van der Waals surface area contributed by atoms with E-state index in [9.17, 15) is 8.42 Å². The lowest BCUT2D eigenvalue weighted by atomic mass is 10.4. The van der Waals surface area contributed by atoms with Gasteiger partial charge in [-0.05, 0) is 18.6 Å². The van der Waals surface area contributed by atoms with Crippen LogP contribution in [0.15, 0.2) is 41.4 Å². The standard InChI is InChI=1S/C12H14N2O2S2/c1-2-10-8-13-12(17-10)9-14-18(15,16)11-6-4-3-5-7-11/h3-8,14H,2,9H2,1H3. The van der Waals surface area contributed by atoms with E-state index < -0.39 is 10.0 Å². The van der Waals surface area contributed by atoms with Crippen molar-refractivity contribution in [3.63, 3.8) is 0 Å². The van der Waals surface area contributed by atoms with E-state index >= 15 is 0 Å². The van der Waals surface area contributed by atoms with Crippen LogP contribution in [-0.2, 0) is 23.0 Å². The first-order valence-electron chi connectivity index (χ1n) is 5.60. The molecule has 1 heterocycles. The van der Waals surface area contributed by atoms with Gasteiger partial charge in [-0.3, -0.25) is 0 Å². The first-order chi connectivity index (χ1) is 8.62. The molecule has 6 heteroatoms. The highest BCUT2D eigenvalue weighted by Gasteiger charge is 2.13. The number of aryl methyl sites for hydroxylation is 1. The number of thiazole rings is 1. The molecule has 0 saturated carbocycles. The molecule has 4 nitrogen and oxygen atoms in total. The molecule has 0 bridgehead atoms. The minimum atomic E-state index is -3.44. The molecule has 0 aliphatic carbocycles. The largest absolute Gasteiger partial charge is 0.248 e. The average molecular weight is 282 g/mol. The van der Waals surface area contributed by atoms with Gasteiger partial charge in [0.15, 0.2) is 0 Å². The Morgan fingerprint density at radius 1 is 1.28 bits per heavy atom. The fraction of sp³-hybridized carbons (Fsp3) is 0.250. The molecule has 0 radical (unpaired) electrons. The Labute approximate surface area is 111 Å². The summed E-state index contributed by atoms with van der Waals surface area (Å²) >= 11 is 1.53. The molecule has 0 fully saturated rings. The molecule has 0 amide bonds. The summed E-state index contributed by atoms with van der Waals surface area (Å²) in [4.78, 5) is 5.61. The molecular weight excluding hydrogens is 268 g/mol. The minimum absolute atomic E-state index is 0.238. The van der Waals surface area contributed by atoms with Crippen LogP contribution in [0.4, 0.5) is 0 Å². The minimum Gasteiger partial charge on any atom is -0.248 e. The van der Waals surface area contributed by atoms with Crippen molar-refractivity contribution in [3.05, 3.63) is 46.4 Å². The van der Waals surface area contributed by atoms with Crippen molar-refractivity contribution < 1.29 is 8.42 Å². The first-order valence-corrected chi connectivity index (χ1v) is 7.90. The highest BCUT2D eigenvalue weighted by molar-refractivity contribution is 7.89. The summed E-state index contributed by atoms with van der Waals surface area (Å²) in [5.74, 6) is 0. The zero-order valence-electron chi connectivity index (χ0n) is 9.96. The SMILES string of the molecule is CCc1cnc(CNS(=O)(=O)c2ccccc2)s1. The van der Waals surface area contributed by atoms with E-state index in [1.54, 1.807) is 36.5 Å². The Bertz CT molecular complexity index is 606.